The maximum absolute atomic E-state index is 12.4. The van der Waals surface area contributed by atoms with Gasteiger partial charge in [-0.3, -0.25) is 14.4 Å². The summed E-state index contributed by atoms with van der Waals surface area (Å²) in [5, 5.41) is 11.6. The molecule has 170 valence electrons. The fraction of sp³-hybridized carbons (Fsp3) is 0.375. The molecule has 8 heteroatoms. The fourth-order valence-corrected chi connectivity index (χ4v) is 3.34. The predicted octanol–water partition coefficient (Wildman–Crippen LogP) is 3.30. The molecule has 1 heterocycles. The molecule has 0 spiro atoms. The molecule has 1 aliphatic heterocycles. The minimum Gasteiger partial charge on any atom is -0.376 e. The van der Waals surface area contributed by atoms with Gasteiger partial charge in [-0.2, -0.15) is 0 Å². The van der Waals surface area contributed by atoms with Crippen molar-refractivity contribution in [2.45, 2.75) is 39.2 Å². The van der Waals surface area contributed by atoms with Crippen LogP contribution in [0.3, 0.4) is 0 Å². The highest BCUT2D eigenvalue weighted by Crippen LogP contribution is 2.20. The number of ether oxygens (including phenoxy) is 1. The van der Waals surface area contributed by atoms with E-state index in [-0.39, 0.29) is 30.4 Å². The molecule has 1 aliphatic rings. The quantitative estimate of drug-likeness (QED) is 0.480. The van der Waals surface area contributed by atoms with E-state index in [1.807, 2.05) is 13.0 Å². The molecule has 1 atom stereocenters. The van der Waals surface area contributed by atoms with E-state index in [0.29, 0.717) is 35.6 Å². The van der Waals surface area contributed by atoms with Gasteiger partial charge in [-0.25, -0.2) is 0 Å². The van der Waals surface area contributed by atoms with Crippen LogP contribution in [-0.2, 0) is 14.3 Å². The van der Waals surface area contributed by atoms with Crippen LogP contribution in [0, 0.1) is 6.92 Å². The van der Waals surface area contributed by atoms with E-state index in [1.165, 1.54) is 0 Å². The third-order valence-electron chi connectivity index (χ3n) is 5.21. The highest BCUT2D eigenvalue weighted by molar-refractivity contribution is 5.97. The van der Waals surface area contributed by atoms with Crippen LogP contribution in [0.2, 0.25) is 0 Å². The van der Waals surface area contributed by atoms with Gasteiger partial charge in [0.15, 0.2) is 0 Å². The summed E-state index contributed by atoms with van der Waals surface area (Å²) in [6.07, 6.45) is 2.45. The fourth-order valence-electron chi connectivity index (χ4n) is 3.34. The number of nitrogens with one attached hydrogen (secondary N) is 4. The van der Waals surface area contributed by atoms with Gasteiger partial charge in [0.1, 0.15) is 0 Å². The Morgan fingerprint density at radius 1 is 1.03 bits per heavy atom. The van der Waals surface area contributed by atoms with Gasteiger partial charge in [0, 0.05) is 42.2 Å². The van der Waals surface area contributed by atoms with Crippen LogP contribution in [0.5, 0.6) is 0 Å². The summed E-state index contributed by atoms with van der Waals surface area (Å²) >= 11 is 0. The van der Waals surface area contributed by atoms with Crippen molar-refractivity contribution in [1.82, 2.24) is 5.32 Å². The normalized spacial score (nSPS) is 15.1. The van der Waals surface area contributed by atoms with Gasteiger partial charge in [-0.1, -0.05) is 19.1 Å². The molecule has 0 aliphatic carbocycles. The molecule has 8 nitrogen and oxygen atoms in total. The van der Waals surface area contributed by atoms with Crippen LogP contribution in [0.15, 0.2) is 42.5 Å². The Morgan fingerprint density at radius 3 is 2.62 bits per heavy atom. The number of aryl methyl sites for hydroxylation is 1. The lowest BCUT2D eigenvalue weighted by Gasteiger charge is -2.13. The van der Waals surface area contributed by atoms with Crippen LogP contribution < -0.4 is 21.3 Å². The van der Waals surface area contributed by atoms with Gasteiger partial charge < -0.3 is 26.0 Å². The second-order valence-electron chi connectivity index (χ2n) is 7.76. The Labute approximate surface area is 188 Å². The second-order valence-corrected chi connectivity index (χ2v) is 7.76. The van der Waals surface area contributed by atoms with E-state index in [0.717, 1.165) is 25.0 Å². The van der Waals surface area contributed by atoms with E-state index in [9.17, 15) is 14.4 Å². The maximum Gasteiger partial charge on any atom is 0.251 e. The summed E-state index contributed by atoms with van der Waals surface area (Å²) in [5.74, 6) is -0.497. The maximum atomic E-state index is 12.4. The highest BCUT2D eigenvalue weighted by atomic mass is 16.5. The van der Waals surface area contributed by atoms with Crippen molar-refractivity contribution in [2.75, 3.05) is 35.6 Å². The molecular formula is C24H30N4O4. The number of anilines is 3. The molecule has 2 aromatic carbocycles. The Bertz CT molecular complexity index is 970. The zero-order valence-corrected chi connectivity index (χ0v) is 18.5. The summed E-state index contributed by atoms with van der Waals surface area (Å²) in [7, 11) is 0. The molecule has 1 unspecified atom stereocenters. The molecule has 0 radical (unpaired) electrons. The minimum absolute atomic E-state index is 0.0332. The Hall–Kier alpha value is -3.39. The van der Waals surface area contributed by atoms with Crippen molar-refractivity contribution < 1.29 is 19.1 Å². The molecule has 3 amide bonds. The lowest BCUT2D eigenvalue weighted by atomic mass is 10.1. The predicted molar refractivity (Wildman–Crippen MR) is 125 cm³/mol. The third kappa shape index (κ3) is 6.81. The number of benzene rings is 2. The van der Waals surface area contributed by atoms with Gasteiger partial charge in [0.25, 0.3) is 5.91 Å². The van der Waals surface area contributed by atoms with Gasteiger partial charge >= 0.3 is 0 Å². The molecule has 1 saturated heterocycles. The molecule has 0 aromatic heterocycles. The smallest absolute Gasteiger partial charge is 0.251 e. The monoisotopic (exact) mass is 438 g/mol. The summed E-state index contributed by atoms with van der Waals surface area (Å²) in [4.78, 5) is 36.4. The Morgan fingerprint density at radius 2 is 1.88 bits per heavy atom. The third-order valence-corrected chi connectivity index (χ3v) is 5.21. The lowest BCUT2D eigenvalue weighted by molar-refractivity contribution is -0.116. The summed E-state index contributed by atoms with van der Waals surface area (Å²) in [6.45, 7) is 4.95. The van der Waals surface area contributed by atoms with Gasteiger partial charge in [0.05, 0.1) is 12.6 Å². The average Bonchev–Trinajstić information content (AvgIpc) is 3.32. The average molecular weight is 439 g/mol. The molecule has 4 N–H and O–H groups in total. The number of carbonyl (C=O) groups is 3. The van der Waals surface area contributed by atoms with E-state index in [2.05, 4.69) is 21.3 Å². The highest BCUT2D eigenvalue weighted by Gasteiger charge is 2.17. The van der Waals surface area contributed by atoms with Crippen molar-refractivity contribution in [3.63, 3.8) is 0 Å². The van der Waals surface area contributed by atoms with Crippen molar-refractivity contribution in [3.05, 3.63) is 53.6 Å². The first kappa shape index (κ1) is 23.3. The van der Waals surface area contributed by atoms with Crippen LogP contribution >= 0.6 is 0 Å². The molecule has 1 fully saturated rings. The molecule has 0 bridgehead atoms. The van der Waals surface area contributed by atoms with Crippen LogP contribution in [0.4, 0.5) is 17.1 Å². The number of hydrogen-bond donors (Lipinski definition) is 4. The number of carbonyl (C=O) groups excluding carboxylic acids is 3. The van der Waals surface area contributed by atoms with E-state index < -0.39 is 0 Å². The second kappa shape index (κ2) is 11.3. The van der Waals surface area contributed by atoms with Crippen molar-refractivity contribution in [2.24, 2.45) is 0 Å². The molecular weight excluding hydrogens is 408 g/mol. The first-order chi connectivity index (χ1) is 15.4. The van der Waals surface area contributed by atoms with Crippen molar-refractivity contribution in [1.29, 1.82) is 0 Å². The standard InChI is InChI=1S/C24H30N4O4/c1-3-22(29)28-21-13-19(10-9-16(21)2)27-23(30)15-25-18-7-4-6-17(12-18)24(31)26-14-20-8-5-11-32-20/h4,6-7,9-10,12-13,20,25H,3,5,8,11,14-15H2,1-2H3,(H,26,31)(H,27,30)(H,28,29). The van der Waals surface area contributed by atoms with E-state index in [4.69, 9.17) is 4.74 Å². The topological polar surface area (TPSA) is 109 Å². The van der Waals surface area contributed by atoms with Gasteiger partial charge in [0.2, 0.25) is 11.8 Å². The molecule has 3 rings (SSSR count). The zero-order chi connectivity index (χ0) is 22.9. The van der Waals surface area contributed by atoms with Gasteiger partial charge in [-0.05, 0) is 55.7 Å². The summed E-state index contributed by atoms with van der Waals surface area (Å²) in [5.41, 5.74) is 3.37. The lowest BCUT2D eigenvalue weighted by Crippen LogP contribution is -2.31. The van der Waals surface area contributed by atoms with Crippen LogP contribution in [-0.4, -0.2) is 43.5 Å². The summed E-state index contributed by atoms with van der Waals surface area (Å²) < 4.78 is 5.52. The molecule has 32 heavy (non-hydrogen) atoms. The minimum atomic E-state index is -0.241. The largest absolute Gasteiger partial charge is 0.376 e. The number of rotatable bonds is 9. The van der Waals surface area contributed by atoms with Crippen molar-refractivity contribution >= 4 is 34.8 Å². The summed E-state index contributed by atoms with van der Waals surface area (Å²) in [6, 6.07) is 12.4. The Balaban J connectivity index is 1.51. The van der Waals surface area contributed by atoms with E-state index in [1.54, 1.807) is 43.3 Å². The first-order valence-corrected chi connectivity index (χ1v) is 10.9. The molecule has 0 saturated carbocycles. The van der Waals surface area contributed by atoms with E-state index >= 15 is 0 Å². The number of hydrogen-bond acceptors (Lipinski definition) is 5. The van der Waals surface area contributed by atoms with Gasteiger partial charge in [-0.15, -0.1) is 0 Å². The zero-order valence-electron chi connectivity index (χ0n) is 18.5. The number of amides is 3. The van der Waals surface area contributed by atoms with Crippen LogP contribution in [0.1, 0.15) is 42.1 Å². The molecule has 2 aromatic rings. The Kier molecular flexibility index (Phi) is 8.21. The van der Waals surface area contributed by atoms with Crippen molar-refractivity contribution in [3.8, 4) is 0 Å². The van der Waals surface area contributed by atoms with Crippen LogP contribution in [0.25, 0.3) is 0 Å². The first-order valence-electron chi connectivity index (χ1n) is 10.9. The SMILES string of the molecule is CCC(=O)Nc1cc(NC(=O)CNc2cccc(C(=O)NCC3CCCO3)c2)ccc1C.